The van der Waals surface area contributed by atoms with Crippen LogP contribution in [0.5, 0.6) is 0 Å². The van der Waals surface area contributed by atoms with Crippen molar-refractivity contribution in [1.29, 1.82) is 0 Å². The van der Waals surface area contributed by atoms with Gasteiger partial charge in [-0.2, -0.15) is 0 Å². The van der Waals surface area contributed by atoms with Crippen molar-refractivity contribution in [1.82, 2.24) is 10.2 Å². The van der Waals surface area contributed by atoms with Crippen LogP contribution in [0.4, 0.5) is 26.2 Å². The fourth-order valence-corrected chi connectivity index (χ4v) is 4.80. The van der Waals surface area contributed by atoms with Gasteiger partial charge in [0.2, 0.25) is 5.91 Å². The van der Waals surface area contributed by atoms with E-state index in [-0.39, 0.29) is 24.9 Å². The Morgan fingerprint density at radius 2 is 1.94 bits per heavy atom. The second-order valence-electron chi connectivity index (χ2n) is 8.29. The van der Waals surface area contributed by atoms with Crippen LogP contribution in [0.2, 0.25) is 0 Å². The second kappa shape index (κ2) is 10.6. The predicted octanol–water partition coefficient (Wildman–Crippen LogP) is 3.19. The third kappa shape index (κ3) is 5.55. The molecule has 4 rings (SSSR count). The zero-order valence-electron chi connectivity index (χ0n) is 19.2. The summed E-state index contributed by atoms with van der Waals surface area (Å²) in [7, 11) is 0. The van der Waals surface area contributed by atoms with Crippen LogP contribution in [-0.2, 0) is 9.53 Å². The maximum absolute atomic E-state index is 15.0. The van der Waals surface area contributed by atoms with Gasteiger partial charge in [0, 0.05) is 42.2 Å². The van der Waals surface area contributed by atoms with E-state index in [0.717, 1.165) is 9.26 Å². The van der Waals surface area contributed by atoms with Gasteiger partial charge in [-0.15, -0.1) is 0 Å². The van der Waals surface area contributed by atoms with Crippen molar-refractivity contribution in [3.63, 3.8) is 0 Å². The van der Waals surface area contributed by atoms with Crippen molar-refractivity contribution in [2.45, 2.75) is 13.0 Å². The summed E-state index contributed by atoms with van der Waals surface area (Å²) in [5.41, 5.74) is 2.12. The van der Waals surface area contributed by atoms with E-state index in [9.17, 15) is 14.4 Å². The van der Waals surface area contributed by atoms with Crippen LogP contribution in [0, 0.1) is 9.39 Å². The molecule has 2 saturated heterocycles. The molecule has 1 N–H and O–H groups in total. The summed E-state index contributed by atoms with van der Waals surface area (Å²) in [5.74, 6) is -0.743. The summed E-state index contributed by atoms with van der Waals surface area (Å²) in [6.45, 7) is 7.22. The van der Waals surface area contributed by atoms with Gasteiger partial charge in [-0.05, 0) is 65.7 Å². The molecule has 2 aliphatic heterocycles. The second-order valence-corrected chi connectivity index (χ2v) is 9.45. The number of carbonyl (C=O) groups excluding carboxylic acids is 3. The molecule has 0 unspecified atom stereocenters. The number of hydrogen-bond acceptors (Lipinski definition) is 6. The Kier molecular flexibility index (Phi) is 7.53. The number of ether oxygens (including phenoxy) is 1. The van der Waals surface area contributed by atoms with Gasteiger partial charge in [-0.25, -0.2) is 9.18 Å². The van der Waals surface area contributed by atoms with Gasteiger partial charge in [-0.1, -0.05) is 0 Å². The molecule has 0 aromatic heterocycles. The Labute approximate surface area is 216 Å². The number of hydrogen-bond donors (Lipinski definition) is 1. The smallest absolute Gasteiger partial charge is 0.414 e. The van der Waals surface area contributed by atoms with Crippen LogP contribution in [0.1, 0.15) is 17.3 Å². The Hall–Kier alpha value is -3.22. The highest BCUT2D eigenvalue weighted by atomic mass is 127. The number of amides is 3. The molecule has 9 nitrogen and oxygen atoms in total. The Balaban J connectivity index is 1.37. The van der Waals surface area contributed by atoms with Crippen LogP contribution in [-0.4, -0.2) is 74.9 Å². The topological polar surface area (TPSA) is 94.6 Å². The van der Waals surface area contributed by atoms with Crippen molar-refractivity contribution in [2.24, 2.45) is 4.99 Å². The van der Waals surface area contributed by atoms with Crippen LogP contribution < -0.4 is 15.1 Å². The molecular weight excluding hydrogens is 568 g/mol. The minimum atomic E-state index is -0.578. The standard InChI is InChI=1S/C24H25FIN5O4/c1-15(32)28-13-18-14-31(24(34)35-18)17-4-6-22(19(25)12-17)29-7-9-30(10-8-29)23(33)16-3-5-21(27-2)20(26)11-16/h3-6,11-12,18H,2,7-10,13-14H2,1H3,(H,28,32)/t18-/m0/s1. The van der Waals surface area contributed by atoms with E-state index in [0.29, 0.717) is 43.1 Å². The number of anilines is 2. The van der Waals surface area contributed by atoms with Crippen molar-refractivity contribution in [2.75, 3.05) is 49.1 Å². The van der Waals surface area contributed by atoms with E-state index in [1.165, 1.54) is 17.9 Å². The lowest BCUT2D eigenvalue weighted by Crippen LogP contribution is -2.49. The number of nitrogens with zero attached hydrogens (tertiary/aromatic N) is 4. The molecule has 184 valence electrons. The lowest BCUT2D eigenvalue weighted by Gasteiger charge is -2.36. The Bertz CT molecular complexity index is 1170. The summed E-state index contributed by atoms with van der Waals surface area (Å²) in [5, 5.41) is 2.61. The van der Waals surface area contributed by atoms with Crippen LogP contribution >= 0.6 is 22.6 Å². The molecule has 2 fully saturated rings. The number of benzene rings is 2. The van der Waals surface area contributed by atoms with E-state index >= 15 is 4.39 Å². The highest BCUT2D eigenvalue weighted by molar-refractivity contribution is 14.1. The highest BCUT2D eigenvalue weighted by Gasteiger charge is 2.33. The SMILES string of the molecule is C=Nc1ccc(C(=O)N2CCN(c3ccc(N4C[C@H](CNC(C)=O)OC4=O)cc3F)CC2)cc1I. The highest BCUT2D eigenvalue weighted by Crippen LogP contribution is 2.29. The summed E-state index contributed by atoms with van der Waals surface area (Å²) in [6.07, 6.45) is -1.07. The molecule has 0 bridgehead atoms. The summed E-state index contributed by atoms with van der Waals surface area (Å²) >= 11 is 2.13. The molecule has 2 heterocycles. The predicted molar refractivity (Wildman–Crippen MR) is 139 cm³/mol. The van der Waals surface area contributed by atoms with Crippen LogP contribution in [0.3, 0.4) is 0 Å². The fourth-order valence-electron chi connectivity index (χ4n) is 4.12. The lowest BCUT2D eigenvalue weighted by atomic mass is 10.1. The van der Waals surface area contributed by atoms with Crippen molar-refractivity contribution in [3.8, 4) is 0 Å². The molecule has 0 saturated carbocycles. The molecule has 0 radical (unpaired) electrons. The molecule has 11 heteroatoms. The number of nitrogens with one attached hydrogen (secondary N) is 1. The average molecular weight is 593 g/mol. The van der Waals surface area contributed by atoms with Crippen molar-refractivity contribution in [3.05, 3.63) is 51.3 Å². The number of rotatable bonds is 6. The van der Waals surface area contributed by atoms with Gasteiger partial charge in [0.15, 0.2) is 0 Å². The van der Waals surface area contributed by atoms with E-state index in [1.54, 1.807) is 35.2 Å². The lowest BCUT2D eigenvalue weighted by molar-refractivity contribution is -0.119. The van der Waals surface area contributed by atoms with Gasteiger partial charge in [0.05, 0.1) is 30.2 Å². The number of cyclic esters (lactones) is 1. The summed E-state index contributed by atoms with van der Waals surface area (Å²) in [6, 6.07) is 9.93. The van der Waals surface area contributed by atoms with Crippen molar-refractivity contribution >= 4 is 64.3 Å². The fraction of sp³-hybridized carbons (Fsp3) is 0.333. The van der Waals surface area contributed by atoms with Gasteiger partial charge >= 0.3 is 6.09 Å². The summed E-state index contributed by atoms with van der Waals surface area (Å²) in [4.78, 5) is 45.1. The zero-order chi connectivity index (χ0) is 25.1. The first-order valence-electron chi connectivity index (χ1n) is 11.1. The number of halogens is 2. The quantitative estimate of drug-likeness (QED) is 0.411. The van der Waals surface area contributed by atoms with Crippen molar-refractivity contribution < 1.29 is 23.5 Å². The minimum absolute atomic E-state index is 0.0737. The third-order valence-corrected chi connectivity index (χ3v) is 6.83. The largest absolute Gasteiger partial charge is 0.442 e. The molecule has 2 aromatic carbocycles. The van der Waals surface area contributed by atoms with Gasteiger partial charge in [0.1, 0.15) is 11.9 Å². The molecule has 2 aliphatic rings. The van der Waals surface area contributed by atoms with E-state index in [1.807, 2.05) is 4.90 Å². The van der Waals surface area contributed by atoms with Crippen LogP contribution in [0.15, 0.2) is 41.4 Å². The number of carbonyl (C=O) groups is 3. The first-order valence-corrected chi connectivity index (χ1v) is 12.2. The van der Waals surface area contributed by atoms with Gasteiger partial charge < -0.3 is 19.9 Å². The molecule has 2 aromatic rings. The normalized spacial score (nSPS) is 17.9. The maximum Gasteiger partial charge on any atom is 0.414 e. The third-order valence-electron chi connectivity index (χ3n) is 5.97. The first kappa shape index (κ1) is 24.9. The van der Waals surface area contributed by atoms with E-state index < -0.39 is 18.0 Å². The number of aliphatic imine (C=N–C) groups is 1. The maximum atomic E-state index is 15.0. The molecule has 3 amide bonds. The minimum Gasteiger partial charge on any atom is -0.442 e. The van der Waals surface area contributed by atoms with Gasteiger partial charge in [-0.3, -0.25) is 19.5 Å². The molecule has 0 aliphatic carbocycles. The molecule has 35 heavy (non-hydrogen) atoms. The molecule has 1 atom stereocenters. The van der Waals surface area contributed by atoms with Gasteiger partial charge in [0.25, 0.3) is 5.91 Å². The Morgan fingerprint density at radius 3 is 2.57 bits per heavy atom. The molecular formula is C24H25FIN5O4. The van der Waals surface area contributed by atoms with Crippen LogP contribution in [0.25, 0.3) is 0 Å². The first-order chi connectivity index (χ1) is 16.8. The zero-order valence-corrected chi connectivity index (χ0v) is 21.3. The molecule has 0 spiro atoms. The van der Waals surface area contributed by atoms with E-state index in [4.69, 9.17) is 4.74 Å². The number of piperazine rings is 1. The average Bonchev–Trinajstić information content (AvgIpc) is 3.22. The summed E-state index contributed by atoms with van der Waals surface area (Å²) < 4.78 is 21.1. The van der Waals surface area contributed by atoms with E-state index in [2.05, 4.69) is 39.6 Å². The monoisotopic (exact) mass is 593 g/mol. The Morgan fingerprint density at radius 1 is 1.20 bits per heavy atom.